The Balaban J connectivity index is 2.46. The number of hydrogen-bond acceptors (Lipinski definition) is 3. The molecule has 0 bridgehead atoms. The van der Waals surface area contributed by atoms with Gasteiger partial charge in [0.15, 0.2) is 0 Å². The van der Waals surface area contributed by atoms with Gasteiger partial charge in [0, 0.05) is 12.7 Å². The first kappa shape index (κ1) is 10.9. The van der Waals surface area contributed by atoms with E-state index in [0.29, 0.717) is 11.7 Å². The number of aromatic nitrogens is 1. The summed E-state index contributed by atoms with van der Waals surface area (Å²) in [7, 11) is 0. The van der Waals surface area contributed by atoms with Crippen LogP contribution in [0.1, 0.15) is 12.5 Å². The lowest BCUT2D eigenvalue weighted by Crippen LogP contribution is -2.37. The van der Waals surface area contributed by atoms with Crippen LogP contribution in [0.3, 0.4) is 0 Å². The van der Waals surface area contributed by atoms with E-state index >= 15 is 0 Å². The molecule has 4 nitrogen and oxygen atoms in total. The van der Waals surface area contributed by atoms with Gasteiger partial charge in [0.05, 0.1) is 6.04 Å². The second kappa shape index (κ2) is 4.93. The predicted octanol–water partition coefficient (Wildman–Crippen LogP) is 0.698. The molecule has 0 aromatic carbocycles. The second-order valence-corrected chi connectivity index (χ2v) is 3.38. The van der Waals surface area contributed by atoms with Crippen LogP contribution in [0.4, 0.5) is 0 Å². The van der Waals surface area contributed by atoms with E-state index in [9.17, 15) is 4.79 Å². The third-order valence-corrected chi connectivity index (χ3v) is 1.89. The van der Waals surface area contributed by atoms with Crippen molar-refractivity contribution in [2.45, 2.75) is 19.5 Å². The highest BCUT2D eigenvalue weighted by atomic mass is 35.5. The molecule has 14 heavy (non-hydrogen) atoms. The minimum absolute atomic E-state index is 0.181. The average Bonchev–Trinajstić information content (AvgIpc) is 2.16. The summed E-state index contributed by atoms with van der Waals surface area (Å²) in [6, 6.07) is 2.99. The monoisotopic (exact) mass is 213 g/mol. The van der Waals surface area contributed by atoms with Gasteiger partial charge < -0.3 is 11.1 Å². The predicted molar refractivity (Wildman–Crippen MR) is 54.7 cm³/mol. The maximum Gasteiger partial charge on any atom is 0.236 e. The number of pyridine rings is 1. The van der Waals surface area contributed by atoms with Gasteiger partial charge in [0.2, 0.25) is 5.91 Å². The van der Waals surface area contributed by atoms with Gasteiger partial charge in [-0.2, -0.15) is 0 Å². The van der Waals surface area contributed by atoms with Crippen molar-refractivity contribution in [2.75, 3.05) is 0 Å². The van der Waals surface area contributed by atoms with Crippen molar-refractivity contribution >= 4 is 17.5 Å². The third kappa shape index (κ3) is 3.32. The van der Waals surface area contributed by atoms with Crippen molar-refractivity contribution in [2.24, 2.45) is 5.73 Å². The first-order chi connectivity index (χ1) is 6.59. The van der Waals surface area contributed by atoms with E-state index in [0.717, 1.165) is 5.56 Å². The fourth-order valence-electron chi connectivity index (χ4n) is 0.861. The minimum Gasteiger partial charge on any atom is -0.351 e. The van der Waals surface area contributed by atoms with Crippen molar-refractivity contribution in [3.63, 3.8) is 0 Å². The summed E-state index contributed by atoms with van der Waals surface area (Å²) < 4.78 is 0. The summed E-state index contributed by atoms with van der Waals surface area (Å²) in [5.74, 6) is -0.181. The highest BCUT2D eigenvalue weighted by Gasteiger charge is 2.05. The van der Waals surface area contributed by atoms with Crippen LogP contribution in [0.15, 0.2) is 18.3 Å². The van der Waals surface area contributed by atoms with Gasteiger partial charge in [0.25, 0.3) is 0 Å². The molecule has 76 valence electrons. The Labute approximate surface area is 87.5 Å². The first-order valence-electron chi connectivity index (χ1n) is 4.23. The molecule has 1 rings (SSSR count). The van der Waals surface area contributed by atoms with Gasteiger partial charge in [0.1, 0.15) is 5.15 Å². The second-order valence-electron chi connectivity index (χ2n) is 3.00. The van der Waals surface area contributed by atoms with Crippen molar-refractivity contribution < 1.29 is 4.79 Å². The van der Waals surface area contributed by atoms with E-state index in [4.69, 9.17) is 17.3 Å². The lowest BCUT2D eigenvalue weighted by Gasteiger charge is -2.07. The zero-order chi connectivity index (χ0) is 10.6. The molecule has 1 amide bonds. The number of amides is 1. The summed E-state index contributed by atoms with van der Waals surface area (Å²) in [6.07, 6.45) is 1.61. The number of nitrogens with zero attached hydrogens (tertiary/aromatic N) is 1. The Hall–Kier alpha value is -1.13. The average molecular weight is 214 g/mol. The van der Waals surface area contributed by atoms with E-state index in [1.807, 2.05) is 0 Å². The number of hydrogen-bond donors (Lipinski definition) is 2. The summed E-state index contributed by atoms with van der Waals surface area (Å²) >= 11 is 5.61. The van der Waals surface area contributed by atoms with Crippen LogP contribution in [0.25, 0.3) is 0 Å². The van der Waals surface area contributed by atoms with E-state index in [1.165, 1.54) is 0 Å². The van der Waals surface area contributed by atoms with Crippen molar-refractivity contribution in [3.8, 4) is 0 Å². The van der Waals surface area contributed by atoms with E-state index in [1.54, 1.807) is 25.3 Å². The molecule has 0 unspecified atom stereocenters. The number of rotatable bonds is 3. The standard InChI is InChI=1S/C9H12ClN3O/c1-6(11)9(14)13-5-7-2-3-8(10)12-4-7/h2-4,6H,5,11H2,1H3,(H,13,14)/t6-/m1/s1. The van der Waals surface area contributed by atoms with E-state index in [-0.39, 0.29) is 5.91 Å². The van der Waals surface area contributed by atoms with Crippen LogP contribution in [0.5, 0.6) is 0 Å². The molecule has 5 heteroatoms. The summed E-state index contributed by atoms with van der Waals surface area (Å²) in [5, 5.41) is 3.11. The first-order valence-corrected chi connectivity index (χ1v) is 4.61. The summed E-state index contributed by atoms with van der Waals surface area (Å²) in [5.41, 5.74) is 6.27. The maximum absolute atomic E-state index is 11.1. The molecule has 0 aliphatic heterocycles. The largest absolute Gasteiger partial charge is 0.351 e. The molecule has 0 saturated carbocycles. The van der Waals surface area contributed by atoms with Gasteiger partial charge in [-0.1, -0.05) is 17.7 Å². The van der Waals surface area contributed by atoms with Crippen molar-refractivity contribution in [3.05, 3.63) is 29.0 Å². The molecule has 1 aromatic rings. The van der Waals surface area contributed by atoms with E-state index in [2.05, 4.69) is 10.3 Å². The molecule has 1 heterocycles. The molecule has 0 fully saturated rings. The van der Waals surface area contributed by atoms with Crippen molar-refractivity contribution in [1.29, 1.82) is 0 Å². The van der Waals surface area contributed by atoms with Gasteiger partial charge in [-0.15, -0.1) is 0 Å². The molecule has 0 aliphatic rings. The molecule has 0 saturated heterocycles. The van der Waals surface area contributed by atoms with Gasteiger partial charge in [-0.05, 0) is 18.6 Å². The van der Waals surface area contributed by atoms with Crippen LogP contribution in [-0.2, 0) is 11.3 Å². The zero-order valence-electron chi connectivity index (χ0n) is 7.83. The molecule has 0 aliphatic carbocycles. The van der Waals surface area contributed by atoms with Gasteiger partial charge in [-0.3, -0.25) is 4.79 Å². The Morgan fingerprint density at radius 3 is 2.93 bits per heavy atom. The highest BCUT2D eigenvalue weighted by molar-refractivity contribution is 6.29. The molecule has 0 radical (unpaired) electrons. The van der Waals surface area contributed by atoms with Crippen molar-refractivity contribution in [1.82, 2.24) is 10.3 Å². The maximum atomic E-state index is 11.1. The Morgan fingerprint density at radius 2 is 2.43 bits per heavy atom. The smallest absolute Gasteiger partial charge is 0.236 e. The lowest BCUT2D eigenvalue weighted by atomic mass is 10.2. The number of carbonyl (C=O) groups excluding carboxylic acids is 1. The van der Waals surface area contributed by atoms with E-state index < -0.39 is 6.04 Å². The number of nitrogens with two attached hydrogens (primary N) is 1. The Bertz CT molecular complexity index is 310. The molecule has 3 N–H and O–H groups in total. The molecule has 1 aromatic heterocycles. The summed E-state index contributed by atoms with van der Waals surface area (Å²) in [4.78, 5) is 15.0. The quantitative estimate of drug-likeness (QED) is 0.727. The molecule has 0 spiro atoms. The van der Waals surface area contributed by atoms with Crippen LogP contribution in [0.2, 0.25) is 5.15 Å². The van der Waals surface area contributed by atoms with Crippen LogP contribution < -0.4 is 11.1 Å². The molecular weight excluding hydrogens is 202 g/mol. The minimum atomic E-state index is -0.491. The zero-order valence-corrected chi connectivity index (χ0v) is 8.58. The topological polar surface area (TPSA) is 68.0 Å². The Kier molecular flexibility index (Phi) is 3.85. The molecule has 1 atom stereocenters. The SMILES string of the molecule is C[C@@H](N)C(=O)NCc1ccc(Cl)nc1. The van der Waals surface area contributed by atoms with Gasteiger partial charge in [-0.25, -0.2) is 4.98 Å². The van der Waals surface area contributed by atoms with Gasteiger partial charge >= 0.3 is 0 Å². The molecular formula is C9H12ClN3O. The number of halogens is 1. The third-order valence-electron chi connectivity index (χ3n) is 1.67. The normalized spacial score (nSPS) is 12.2. The number of carbonyl (C=O) groups is 1. The Morgan fingerprint density at radius 1 is 1.71 bits per heavy atom. The fraction of sp³-hybridized carbons (Fsp3) is 0.333. The highest BCUT2D eigenvalue weighted by Crippen LogP contribution is 2.04. The lowest BCUT2D eigenvalue weighted by molar-refractivity contribution is -0.122. The summed E-state index contributed by atoms with van der Waals surface area (Å²) in [6.45, 7) is 2.06. The van der Waals surface area contributed by atoms with Crippen LogP contribution in [-0.4, -0.2) is 16.9 Å². The van der Waals surface area contributed by atoms with Crippen LogP contribution in [0, 0.1) is 0 Å². The van der Waals surface area contributed by atoms with Crippen LogP contribution >= 0.6 is 11.6 Å². The number of nitrogens with one attached hydrogen (secondary N) is 1. The fourth-order valence-corrected chi connectivity index (χ4v) is 0.973.